The molecule has 2 amide bonds. The van der Waals surface area contributed by atoms with E-state index in [2.05, 4.69) is 5.32 Å². The predicted octanol–water partition coefficient (Wildman–Crippen LogP) is 4.30. The van der Waals surface area contributed by atoms with Gasteiger partial charge in [0.05, 0.1) is 6.61 Å². The van der Waals surface area contributed by atoms with Crippen molar-refractivity contribution in [3.8, 4) is 5.75 Å². The van der Waals surface area contributed by atoms with E-state index in [1.165, 1.54) is 6.42 Å². The van der Waals surface area contributed by atoms with E-state index in [0.29, 0.717) is 30.8 Å². The third-order valence-electron chi connectivity index (χ3n) is 6.85. The third kappa shape index (κ3) is 5.55. The zero-order valence-electron chi connectivity index (χ0n) is 18.2. The lowest BCUT2D eigenvalue weighted by Gasteiger charge is -2.32. The summed E-state index contributed by atoms with van der Waals surface area (Å²) in [5.74, 6) is -0.156. The lowest BCUT2D eigenvalue weighted by atomic mass is 9.90. The van der Waals surface area contributed by atoms with E-state index >= 15 is 0 Å². The molecular formula is C24H32F2N2O3. The molecule has 0 spiro atoms. The summed E-state index contributed by atoms with van der Waals surface area (Å²) in [6.45, 7) is 4.16. The maximum absolute atomic E-state index is 14.3. The standard InChI is InChI=1S/C24H32F2N2O3/c1-2-3-22(29)28-9-6-15(7-10-28)19-12-16(19)8-11-31-18-13-20(25)23(21(26)14-18)24(30)27-17-4-5-17/h13-17,19H,2-12H2,1H3,(H,27,30)/t16-,19-/m1/s1. The van der Waals surface area contributed by atoms with Gasteiger partial charge < -0.3 is 15.0 Å². The highest BCUT2D eigenvalue weighted by molar-refractivity contribution is 5.95. The number of benzene rings is 1. The fourth-order valence-corrected chi connectivity index (χ4v) is 4.79. The fourth-order valence-electron chi connectivity index (χ4n) is 4.79. The monoisotopic (exact) mass is 434 g/mol. The Bertz CT molecular complexity index is 796. The largest absolute Gasteiger partial charge is 0.493 e. The molecule has 2 saturated carbocycles. The van der Waals surface area contributed by atoms with Gasteiger partial charge in [0, 0.05) is 37.7 Å². The molecule has 5 nitrogen and oxygen atoms in total. The van der Waals surface area contributed by atoms with E-state index in [4.69, 9.17) is 4.74 Å². The van der Waals surface area contributed by atoms with Crippen LogP contribution in [0.4, 0.5) is 8.78 Å². The SMILES string of the molecule is CCCC(=O)N1CCC([C@H]2C[C@H]2CCOc2cc(F)c(C(=O)NC3CC3)c(F)c2)CC1. The summed E-state index contributed by atoms with van der Waals surface area (Å²) in [6, 6.07) is 2.23. The van der Waals surface area contributed by atoms with E-state index in [1.54, 1.807) is 0 Å². The van der Waals surface area contributed by atoms with Crippen LogP contribution in [0.5, 0.6) is 5.75 Å². The zero-order chi connectivity index (χ0) is 22.0. The molecule has 7 heteroatoms. The molecule has 1 N–H and O–H groups in total. The molecule has 4 rings (SSSR count). The molecule has 1 aromatic rings. The van der Waals surface area contributed by atoms with Crippen molar-refractivity contribution in [3.05, 3.63) is 29.3 Å². The summed E-state index contributed by atoms with van der Waals surface area (Å²) < 4.78 is 34.1. The minimum Gasteiger partial charge on any atom is -0.493 e. The lowest BCUT2D eigenvalue weighted by molar-refractivity contribution is -0.132. The molecule has 1 heterocycles. The summed E-state index contributed by atoms with van der Waals surface area (Å²) >= 11 is 0. The predicted molar refractivity (Wildman–Crippen MR) is 113 cm³/mol. The van der Waals surface area contributed by atoms with E-state index in [0.717, 1.165) is 63.7 Å². The molecule has 3 aliphatic rings. The second-order valence-corrected chi connectivity index (χ2v) is 9.27. The summed E-state index contributed by atoms with van der Waals surface area (Å²) in [6.07, 6.45) is 7.40. The van der Waals surface area contributed by atoms with E-state index < -0.39 is 23.1 Å². The molecule has 0 bridgehead atoms. The van der Waals surface area contributed by atoms with Gasteiger partial charge in [0.25, 0.3) is 5.91 Å². The van der Waals surface area contributed by atoms with Crippen LogP contribution in [0, 0.1) is 29.4 Å². The zero-order valence-corrected chi connectivity index (χ0v) is 18.2. The number of piperidine rings is 1. The molecule has 1 aromatic carbocycles. The number of nitrogens with one attached hydrogen (secondary N) is 1. The number of carbonyl (C=O) groups excluding carboxylic acids is 2. The summed E-state index contributed by atoms with van der Waals surface area (Å²) in [7, 11) is 0. The Morgan fingerprint density at radius 3 is 2.42 bits per heavy atom. The maximum Gasteiger partial charge on any atom is 0.257 e. The molecule has 1 aliphatic heterocycles. The number of hydrogen-bond acceptors (Lipinski definition) is 3. The third-order valence-corrected chi connectivity index (χ3v) is 6.85. The maximum atomic E-state index is 14.3. The van der Waals surface area contributed by atoms with Gasteiger partial charge in [-0.05, 0) is 62.7 Å². The second-order valence-electron chi connectivity index (χ2n) is 9.27. The summed E-state index contributed by atoms with van der Waals surface area (Å²) in [5, 5.41) is 2.61. The summed E-state index contributed by atoms with van der Waals surface area (Å²) in [4.78, 5) is 26.0. The molecule has 2 atom stereocenters. The Hall–Kier alpha value is -2.18. The average molecular weight is 435 g/mol. The average Bonchev–Trinajstić information content (AvgIpc) is 3.65. The van der Waals surface area contributed by atoms with Crippen molar-refractivity contribution in [1.82, 2.24) is 10.2 Å². The second kappa shape index (κ2) is 9.53. The molecule has 1 saturated heterocycles. The van der Waals surface area contributed by atoms with Gasteiger partial charge in [0.2, 0.25) is 5.91 Å². The number of carbonyl (C=O) groups is 2. The van der Waals surface area contributed by atoms with Gasteiger partial charge >= 0.3 is 0 Å². The van der Waals surface area contributed by atoms with Gasteiger partial charge in [-0.25, -0.2) is 8.78 Å². The van der Waals surface area contributed by atoms with Crippen LogP contribution in [0.3, 0.4) is 0 Å². The van der Waals surface area contributed by atoms with Crippen LogP contribution < -0.4 is 10.1 Å². The Morgan fingerprint density at radius 1 is 1.13 bits per heavy atom. The number of ether oxygens (including phenoxy) is 1. The number of nitrogens with zero attached hydrogens (tertiary/aromatic N) is 1. The minimum atomic E-state index is -0.887. The molecule has 0 unspecified atom stereocenters. The van der Waals surface area contributed by atoms with E-state index in [9.17, 15) is 18.4 Å². The highest BCUT2D eigenvalue weighted by atomic mass is 19.1. The first-order chi connectivity index (χ1) is 15.0. The van der Waals surface area contributed by atoms with Crippen molar-refractivity contribution in [3.63, 3.8) is 0 Å². The number of amides is 2. The first-order valence-corrected chi connectivity index (χ1v) is 11.7. The van der Waals surface area contributed by atoms with Crippen molar-refractivity contribution >= 4 is 11.8 Å². The normalized spacial score (nSPS) is 23.5. The summed E-state index contributed by atoms with van der Waals surface area (Å²) in [5.41, 5.74) is -0.537. The Labute approximate surface area is 182 Å². The van der Waals surface area contributed by atoms with Crippen LogP contribution >= 0.6 is 0 Å². The molecule has 3 fully saturated rings. The Morgan fingerprint density at radius 2 is 1.81 bits per heavy atom. The lowest BCUT2D eigenvalue weighted by Crippen LogP contribution is -2.38. The van der Waals surface area contributed by atoms with Gasteiger partial charge in [0.15, 0.2) is 0 Å². The van der Waals surface area contributed by atoms with Gasteiger partial charge in [-0.15, -0.1) is 0 Å². The molecular weight excluding hydrogens is 402 g/mol. The minimum absolute atomic E-state index is 0.0396. The molecule has 31 heavy (non-hydrogen) atoms. The van der Waals surface area contributed by atoms with Crippen LogP contribution in [0.1, 0.15) is 68.6 Å². The van der Waals surface area contributed by atoms with E-state index in [1.807, 2.05) is 11.8 Å². The number of rotatable bonds is 9. The van der Waals surface area contributed by atoms with E-state index in [-0.39, 0.29) is 17.7 Å². The van der Waals surface area contributed by atoms with Crippen LogP contribution in [-0.2, 0) is 4.79 Å². The molecule has 170 valence electrons. The van der Waals surface area contributed by atoms with Crippen molar-refractivity contribution in [2.75, 3.05) is 19.7 Å². The highest BCUT2D eigenvalue weighted by Crippen LogP contribution is 2.49. The quantitative estimate of drug-likeness (QED) is 0.630. The van der Waals surface area contributed by atoms with Crippen molar-refractivity contribution < 1.29 is 23.1 Å². The Balaban J connectivity index is 1.19. The number of hydrogen-bond donors (Lipinski definition) is 1. The van der Waals surface area contributed by atoms with Crippen LogP contribution in [0.15, 0.2) is 12.1 Å². The van der Waals surface area contributed by atoms with Gasteiger partial charge in [0.1, 0.15) is 22.9 Å². The molecule has 0 radical (unpaired) electrons. The smallest absolute Gasteiger partial charge is 0.257 e. The van der Waals surface area contributed by atoms with Crippen LogP contribution in [0.2, 0.25) is 0 Å². The fraction of sp³-hybridized carbons (Fsp3) is 0.667. The van der Waals surface area contributed by atoms with Crippen LogP contribution in [0.25, 0.3) is 0 Å². The van der Waals surface area contributed by atoms with Gasteiger partial charge in [-0.1, -0.05) is 6.92 Å². The highest BCUT2D eigenvalue weighted by Gasteiger charge is 2.43. The van der Waals surface area contributed by atoms with Gasteiger partial charge in [-0.2, -0.15) is 0 Å². The van der Waals surface area contributed by atoms with Crippen molar-refractivity contribution in [2.45, 2.75) is 64.3 Å². The topological polar surface area (TPSA) is 58.6 Å². The number of halogens is 2. The number of likely N-dealkylation sites (tertiary alicyclic amines) is 1. The van der Waals surface area contributed by atoms with Crippen LogP contribution in [-0.4, -0.2) is 42.5 Å². The molecule has 0 aromatic heterocycles. The van der Waals surface area contributed by atoms with Gasteiger partial charge in [-0.3, -0.25) is 9.59 Å². The van der Waals surface area contributed by atoms with Crippen molar-refractivity contribution in [1.29, 1.82) is 0 Å². The molecule has 2 aliphatic carbocycles. The first kappa shape index (κ1) is 22.0. The Kier molecular flexibility index (Phi) is 6.77. The van der Waals surface area contributed by atoms with Crippen molar-refractivity contribution in [2.24, 2.45) is 17.8 Å². The first-order valence-electron chi connectivity index (χ1n) is 11.7.